The second kappa shape index (κ2) is 6.72. The molecule has 0 saturated carbocycles. The predicted molar refractivity (Wildman–Crippen MR) is 77.3 cm³/mol. The zero-order valence-electron chi connectivity index (χ0n) is 12.4. The molecule has 0 spiro atoms. The van der Waals surface area contributed by atoms with Crippen LogP contribution in [0.25, 0.3) is 0 Å². The predicted octanol–water partition coefficient (Wildman–Crippen LogP) is 1.53. The number of aliphatic hydroxyl groups is 1. The SMILES string of the molecule is CCC(N)C(c1ccco1)N(C)CC1(O)CCOCC1. The van der Waals surface area contributed by atoms with E-state index in [0.717, 1.165) is 12.2 Å². The van der Waals surface area contributed by atoms with Gasteiger partial charge in [0.2, 0.25) is 0 Å². The van der Waals surface area contributed by atoms with Gasteiger partial charge < -0.3 is 20.0 Å². The zero-order chi connectivity index (χ0) is 14.6. The van der Waals surface area contributed by atoms with Crippen LogP contribution in [0.5, 0.6) is 0 Å². The van der Waals surface area contributed by atoms with Crippen molar-refractivity contribution >= 4 is 0 Å². The summed E-state index contributed by atoms with van der Waals surface area (Å²) < 4.78 is 10.9. The molecule has 0 radical (unpaired) electrons. The van der Waals surface area contributed by atoms with Gasteiger partial charge in [0.05, 0.1) is 17.9 Å². The van der Waals surface area contributed by atoms with Gasteiger partial charge in [-0.25, -0.2) is 0 Å². The van der Waals surface area contributed by atoms with Crippen molar-refractivity contribution in [1.29, 1.82) is 0 Å². The van der Waals surface area contributed by atoms with Crippen molar-refractivity contribution in [2.24, 2.45) is 5.73 Å². The van der Waals surface area contributed by atoms with E-state index in [1.165, 1.54) is 0 Å². The number of nitrogens with two attached hydrogens (primary N) is 1. The Hall–Kier alpha value is -0.880. The summed E-state index contributed by atoms with van der Waals surface area (Å²) >= 11 is 0. The second-order valence-corrected chi connectivity index (χ2v) is 5.78. The van der Waals surface area contributed by atoms with Crippen LogP contribution >= 0.6 is 0 Å². The van der Waals surface area contributed by atoms with Gasteiger partial charge in [-0.05, 0) is 25.6 Å². The highest BCUT2D eigenvalue weighted by molar-refractivity contribution is 5.08. The molecule has 1 saturated heterocycles. The average molecular weight is 282 g/mol. The Labute approximate surface area is 120 Å². The van der Waals surface area contributed by atoms with E-state index in [0.29, 0.717) is 32.6 Å². The highest BCUT2D eigenvalue weighted by Crippen LogP contribution is 2.29. The topological polar surface area (TPSA) is 71.9 Å². The maximum absolute atomic E-state index is 10.6. The smallest absolute Gasteiger partial charge is 0.122 e. The molecular formula is C15H26N2O3. The molecule has 3 N–H and O–H groups in total. The van der Waals surface area contributed by atoms with Gasteiger partial charge in [0.25, 0.3) is 0 Å². The lowest BCUT2D eigenvalue weighted by molar-refractivity contribution is -0.0836. The Morgan fingerprint density at radius 1 is 1.45 bits per heavy atom. The fraction of sp³-hybridized carbons (Fsp3) is 0.733. The van der Waals surface area contributed by atoms with Crippen molar-refractivity contribution < 1.29 is 14.3 Å². The van der Waals surface area contributed by atoms with Gasteiger partial charge in [0.1, 0.15) is 5.76 Å². The monoisotopic (exact) mass is 282 g/mol. The Balaban J connectivity index is 2.08. The lowest BCUT2D eigenvalue weighted by Crippen LogP contribution is -2.49. The molecule has 2 heterocycles. The van der Waals surface area contributed by atoms with E-state index >= 15 is 0 Å². The van der Waals surface area contributed by atoms with Crippen molar-refractivity contribution in [2.45, 2.75) is 43.9 Å². The van der Waals surface area contributed by atoms with Crippen LogP contribution in [0.4, 0.5) is 0 Å². The first kappa shape index (κ1) is 15.5. The van der Waals surface area contributed by atoms with Crippen molar-refractivity contribution in [3.63, 3.8) is 0 Å². The molecule has 0 aliphatic carbocycles. The highest BCUT2D eigenvalue weighted by Gasteiger charge is 2.35. The van der Waals surface area contributed by atoms with Gasteiger partial charge in [0, 0.05) is 38.6 Å². The van der Waals surface area contributed by atoms with E-state index < -0.39 is 5.60 Å². The number of hydrogen-bond acceptors (Lipinski definition) is 5. The van der Waals surface area contributed by atoms with E-state index in [1.807, 2.05) is 19.2 Å². The summed E-state index contributed by atoms with van der Waals surface area (Å²) in [6.45, 7) is 3.89. The number of ether oxygens (including phenoxy) is 1. The van der Waals surface area contributed by atoms with Gasteiger partial charge in [0.15, 0.2) is 0 Å². The summed E-state index contributed by atoms with van der Waals surface area (Å²) in [7, 11) is 2.00. The molecule has 1 aromatic rings. The van der Waals surface area contributed by atoms with E-state index in [1.54, 1.807) is 6.26 Å². The number of rotatable bonds is 6. The van der Waals surface area contributed by atoms with Crippen molar-refractivity contribution in [3.8, 4) is 0 Å². The molecule has 1 fully saturated rings. The lowest BCUT2D eigenvalue weighted by Gasteiger charge is -2.39. The van der Waals surface area contributed by atoms with Gasteiger partial charge in [-0.2, -0.15) is 0 Å². The molecule has 0 bridgehead atoms. The fourth-order valence-electron chi connectivity index (χ4n) is 2.91. The van der Waals surface area contributed by atoms with E-state index in [2.05, 4.69) is 11.8 Å². The Kier molecular flexibility index (Phi) is 5.21. The van der Waals surface area contributed by atoms with Crippen LogP contribution in [0.1, 0.15) is 38.0 Å². The van der Waals surface area contributed by atoms with Crippen LogP contribution in [0, 0.1) is 0 Å². The van der Waals surface area contributed by atoms with E-state index in [4.69, 9.17) is 14.9 Å². The Morgan fingerprint density at radius 2 is 2.15 bits per heavy atom. The fourth-order valence-corrected chi connectivity index (χ4v) is 2.91. The van der Waals surface area contributed by atoms with Crippen molar-refractivity contribution in [2.75, 3.05) is 26.8 Å². The van der Waals surface area contributed by atoms with Gasteiger partial charge >= 0.3 is 0 Å². The Morgan fingerprint density at radius 3 is 2.70 bits per heavy atom. The van der Waals surface area contributed by atoms with Crippen molar-refractivity contribution in [3.05, 3.63) is 24.2 Å². The van der Waals surface area contributed by atoms with Crippen molar-refractivity contribution in [1.82, 2.24) is 4.90 Å². The van der Waals surface area contributed by atoms with Gasteiger partial charge in [-0.1, -0.05) is 6.92 Å². The van der Waals surface area contributed by atoms with Crippen LogP contribution in [0.15, 0.2) is 22.8 Å². The summed E-state index contributed by atoms with van der Waals surface area (Å²) in [5.41, 5.74) is 5.56. The van der Waals surface area contributed by atoms with Crippen LogP contribution in [-0.2, 0) is 4.74 Å². The molecule has 5 nitrogen and oxygen atoms in total. The maximum atomic E-state index is 10.6. The van der Waals surface area contributed by atoms with Crippen LogP contribution in [-0.4, -0.2) is 48.5 Å². The third kappa shape index (κ3) is 3.61. The molecule has 20 heavy (non-hydrogen) atoms. The number of nitrogens with zero attached hydrogens (tertiary/aromatic N) is 1. The molecule has 1 aromatic heterocycles. The molecule has 2 atom stereocenters. The number of furan rings is 1. The van der Waals surface area contributed by atoms with Crippen LogP contribution < -0.4 is 5.73 Å². The number of likely N-dealkylation sites (N-methyl/N-ethyl adjacent to an activating group) is 1. The van der Waals surface area contributed by atoms with Crippen LogP contribution in [0.2, 0.25) is 0 Å². The molecule has 5 heteroatoms. The standard InChI is InChI=1S/C15H26N2O3/c1-3-12(16)14(13-5-4-8-20-13)17(2)11-15(18)6-9-19-10-7-15/h4-5,8,12,14,18H,3,6-7,9-11,16H2,1-2H3. The third-order valence-electron chi connectivity index (χ3n) is 4.15. The molecule has 1 aliphatic heterocycles. The molecule has 2 rings (SSSR count). The third-order valence-corrected chi connectivity index (χ3v) is 4.15. The number of hydrogen-bond donors (Lipinski definition) is 2. The molecule has 114 valence electrons. The summed E-state index contributed by atoms with van der Waals surface area (Å²) in [5, 5.41) is 10.6. The normalized spacial score (nSPS) is 21.9. The molecule has 2 unspecified atom stereocenters. The zero-order valence-corrected chi connectivity index (χ0v) is 12.4. The average Bonchev–Trinajstić information content (AvgIpc) is 2.92. The maximum Gasteiger partial charge on any atom is 0.122 e. The largest absolute Gasteiger partial charge is 0.468 e. The first-order valence-corrected chi connectivity index (χ1v) is 7.35. The first-order valence-electron chi connectivity index (χ1n) is 7.35. The summed E-state index contributed by atoms with van der Waals surface area (Å²) in [4.78, 5) is 2.11. The lowest BCUT2D eigenvalue weighted by atomic mass is 9.92. The quantitative estimate of drug-likeness (QED) is 0.828. The van der Waals surface area contributed by atoms with Crippen LogP contribution in [0.3, 0.4) is 0 Å². The second-order valence-electron chi connectivity index (χ2n) is 5.78. The molecular weight excluding hydrogens is 256 g/mol. The van der Waals surface area contributed by atoms with E-state index in [9.17, 15) is 5.11 Å². The molecule has 0 amide bonds. The highest BCUT2D eigenvalue weighted by atomic mass is 16.5. The summed E-state index contributed by atoms with van der Waals surface area (Å²) in [6, 6.07) is 3.79. The minimum atomic E-state index is -0.689. The summed E-state index contributed by atoms with van der Waals surface area (Å²) in [6.07, 6.45) is 3.87. The van der Waals surface area contributed by atoms with Gasteiger partial charge in [-0.15, -0.1) is 0 Å². The summed E-state index contributed by atoms with van der Waals surface area (Å²) in [5.74, 6) is 0.859. The van der Waals surface area contributed by atoms with E-state index in [-0.39, 0.29) is 12.1 Å². The molecule has 1 aliphatic rings. The van der Waals surface area contributed by atoms with Gasteiger partial charge in [-0.3, -0.25) is 4.90 Å². The minimum absolute atomic E-state index is 0.0122. The Bertz CT molecular complexity index is 388. The molecule has 0 aromatic carbocycles. The first-order chi connectivity index (χ1) is 9.56. The minimum Gasteiger partial charge on any atom is -0.468 e.